The van der Waals surface area contributed by atoms with E-state index in [1.54, 1.807) is 12.4 Å². The molecule has 2 aliphatic rings. The lowest BCUT2D eigenvalue weighted by atomic mass is 9.78. The Morgan fingerprint density at radius 3 is 2.37 bits per heavy atom. The molecule has 1 aromatic carbocycles. The van der Waals surface area contributed by atoms with E-state index in [1.165, 1.54) is 5.56 Å². The quantitative estimate of drug-likeness (QED) is 0.832. The summed E-state index contributed by atoms with van der Waals surface area (Å²) in [6.07, 6.45) is 5.51. The molecule has 4 heteroatoms. The normalized spacial score (nSPS) is 23.5. The number of rotatable bonds is 3. The Balaban J connectivity index is 1.38. The fourth-order valence-electron chi connectivity index (χ4n) is 4.81. The maximum atomic E-state index is 12.7. The maximum absolute atomic E-state index is 12.7. The van der Waals surface area contributed by atoms with Crippen molar-refractivity contribution in [2.75, 3.05) is 26.2 Å². The number of piperidine rings is 1. The van der Waals surface area contributed by atoms with E-state index in [9.17, 15) is 4.79 Å². The van der Waals surface area contributed by atoms with Gasteiger partial charge in [-0.15, -0.1) is 0 Å². The van der Waals surface area contributed by atoms with Gasteiger partial charge >= 0.3 is 0 Å². The van der Waals surface area contributed by atoms with Crippen LogP contribution in [0, 0.1) is 5.41 Å². The Morgan fingerprint density at radius 2 is 1.70 bits per heavy atom. The number of likely N-dealkylation sites (tertiary alicyclic amines) is 2. The molecule has 0 N–H and O–H groups in total. The third-order valence-corrected chi connectivity index (χ3v) is 6.37. The average Bonchev–Trinajstić information content (AvgIpc) is 3.04. The van der Waals surface area contributed by atoms with Crippen molar-refractivity contribution in [3.05, 3.63) is 66.0 Å². The van der Waals surface area contributed by atoms with Crippen molar-refractivity contribution < 1.29 is 4.79 Å². The third-order valence-electron chi connectivity index (χ3n) is 6.37. The van der Waals surface area contributed by atoms with Crippen LogP contribution in [-0.2, 0) is 0 Å². The highest BCUT2D eigenvalue weighted by molar-refractivity contribution is 5.94. The van der Waals surface area contributed by atoms with Crippen LogP contribution in [0.15, 0.2) is 54.9 Å². The molecule has 0 radical (unpaired) electrons. The summed E-state index contributed by atoms with van der Waals surface area (Å²) in [6, 6.07) is 15.1. The number of carbonyl (C=O) groups excluding carboxylic acids is 1. The van der Waals surface area contributed by atoms with Gasteiger partial charge in [0.2, 0.25) is 0 Å². The summed E-state index contributed by atoms with van der Waals surface area (Å²) in [4.78, 5) is 21.3. The molecule has 2 saturated heterocycles. The van der Waals surface area contributed by atoms with Gasteiger partial charge in [-0.1, -0.05) is 44.2 Å². The molecule has 4 nitrogen and oxygen atoms in total. The third kappa shape index (κ3) is 3.77. The van der Waals surface area contributed by atoms with Crippen LogP contribution in [0.3, 0.4) is 0 Å². The monoisotopic (exact) mass is 363 g/mol. The molecule has 27 heavy (non-hydrogen) atoms. The first-order valence-electron chi connectivity index (χ1n) is 10.0. The van der Waals surface area contributed by atoms with Gasteiger partial charge < -0.3 is 4.90 Å². The summed E-state index contributed by atoms with van der Waals surface area (Å²) in [6.45, 7) is 8.74. The number of nitrogens with zero attached hydrogens (tertiary/aromatic N) is 3. The standard InChI is InChI=1S/C23H29N3O/c1-23(2)17-26(16-21(23)18-6-4-3-5-7-18)20-10-14-25(15-11-20)22(27)19-8-12-24-13-9-19/h3-9,12-13,20-21H,10-11,14-17H2,1-2H3/t21-/m1/s1. The summed E-state index contributed by atoms with van der Waals surface area (Å²) in [7, 11) is 0. The smallest absolute Gasteiger partial charge is 0.253 e. The molecule has 2 aromatic rings. The van der Waals surface area contributed by atoms with Crippen LogP contribution >= 0.6 is 0 Å². The molecule has 0 unspecified atom stereocenters. The van der Waals surface area contributed by atoms with E-state index in [2.05, 4.69) is 54.1 Å². The Kier molecular flexibility index (Phi) is 5.00. The maximum Gasteiger partial charge on any atom is 0.253 e. The second-order valence-electron chi connectivity index (χ2n) is 8.64. The molecule has 2 aliphatic heterocycles. The molecule has 0 aliphatic carbocycles. The number of carbonyl (C=O) groups is 1. The van der Waals surface area contributed by atoms with Gasteiger partial charge in [-0.2, -0.15) is 0 Å². The zero-order valence-electron chi connectivity index (χ0n) is 16.3. The van der Waals surface area contributed by atoms with Crippen LogP contribution in [0.4, 0.5) is 0 Å². The number of benzene rings is 1. The van der Waals surface area contributed by atoms with Gasteiger partial charge in [-0.25, -0.2) is 0 Å². The van der Waals surface area contributed by atoms with Crippen molar-refractivity contribution in [3.63, 3.8) is 0 Å². The summed E-state index contributed by atoms with van der Waals surface area (Å²) >= 11 is 0. The number of hydrogen-bond donors (Lipinski definition) is 0. The Morgan fingerprint density at radius 1 is 1.04 bits per heavy atom. The molecule has 3 heterocycles. The lowest BCUT2D eigenvalue weighted by Crippen LogP contribution is -2.46. The van der Waals surface area contributed by atoms with E-state index in [-0.39, 0.29) is 11.3 Å². The number of hydrogen-bond acceptors (Lipinski definition) is 3. The highest BCUT2D eigenvalue weighted by Gasteiger charge is 2.43. The Hall–Kier alpha value is -2.20. The van der Waals surface area contributed by atoms with Crippen LogP contribution in [-0.4, -0.2) is 52.9 Å². The predicted molar refractivity (Wildman–Crippen MR) is 108 cm³/mol. The van der Waals surface area contributed by atoms with E-state index >= 15 is 0 Å². The van der Waals surface area contributed by atoms with Gasteiger partial charge in [-0.3, -0.25) is 14.7 Å². The molecule has 1 amide bonds. The second-order valence-corrected chi connectivity index (χ2v) is 8.64. The zero-order chi connectivity index (χ0) is 18.9. The zero-order valence-corrected chi connectivity index (χ0v) is 16.3. The van der Waals surface area contributed by atoms with Gasteiger partial charge in [0, 0.05) is 56.1 Å². The predicted octanol–water partition coefficient (Wildman–Crippen LogP) is 3.81. The fraction of sp³-hybridized carbons (Fsp3) is 0.478. The number of pyridine rings is 1. The van der Waals surface area contributed by atoms with Crippen LogP contribution < -0.4 is 0 Å². The van der Waals surface area contributed by atoms with E-state index in [0.29, 0.717) is 12.0 Å². The Labute approximate surface area is 162 Å². The van der Waals surface area contributed by atoms with E-state index in [0.717, 1.165) is 44.6 Å². The van der Waals surface area contributed by atoms with Gasteiger partial charge in [0.05, 0.1) is 0 Å². The summed E-state index contributed by atoms with van der Waals surface area (Å²) in [5.74, 6) is 0.718. The number of amides is 1. The largest absolute Gasteiger partial charge is 0.339 e. The first kappa shape index (κ1) is 18.2. The number of aromatic nitrogens is 1. The van der Waals surface area contributed by atoms with Gasteiger partial charge in [0.1, 0.15) is 0 Å². The molecular weight excluding hydrogens is 334 g/mol. The molecule has 142 valence electrons. The molecule has 1 atom stereocenters. The molecule has 0 bridgehead atoms. The molecule has 2 fully saturated rings. The van der Waals surface area contributed by atoms with Crippen LogP contribution in [0.1, 0.15) is 48.5 Å². The van der Waals surface area contributed by atoms with Crippen LogP contribution in [0.5, 0.6) is 0 Å². The van der Waals surface area contributed by atoms with Crippen molar-refractivity contribution in [1.82, 2.24) is 14.8 Å². The second kappa shape index (κ2) is 7.43. The minimum atomic E-state index is 0.139. The molecule has 0 spiro atoms. The van der Waals surface area contributed by atoms with E-state index in [1.807, 2.05) is 17.0 Å². The molecule has 4 rings (SSSR count). The molecule has 0 saturated carbocycles. The fourth-order valence-corrected chi connectivity index (χ4v) is 4.81. The van der Waals surface area contributed by atoms with Crippen molar-refractivity contribution in [3.8, 4) is 0 Å². The summed E-state index contributed by atoms with van der Waals surface area (Å²) < 4.78 is 0. The average molecular weight is 364 g/mol. The highest BCUT2D eigenvalue weighted by atomic mass is 16.2. The van der Waals surface area contributed by atoms with Crippen molar-refractivity contribution in [2.45, 2.75) is 38.6 Å². The van der Waals surface area contributed by atoms with Crippen molar-refractivity contribution >= 4 is 5.91 Å². The van der Waals surface area contributed by atoms with Crippen molar-refractivity contribution in [1.29, 1.82) is 0 Å². The first-order chi connectivity index (χ1) is 13.0. The van der Waals surface area contributed by atoms with Gasteiger partial charge in [0.15, 0.2) is 0 Å². The lowest BCUT2D eigenvalue weighted by molar-refractivity contribution is 0.0635. The SMILES string of the molecule is CC1(C)CN(C2CCN(C(=O)c3ccncc3)CC2)C[C@@H]1c1ccccc1. The topological polar surface area (TPSA) is 36.4 Å². The van der Waals surface area contributed by atoms with Crippen molar-refractivity contribution in [2.24, 2.45) is 5.41 Å². The van der Waals surface area contributed by atoms with E-state index < -0.39 is 0 Å². The molecule has 1 aromatic heterocycles. The van der Waals surface area contributed by atoms with Gasteiger partial charge in [0.25, 0.3) is 5.91 Å². The first-order valence-corrected chi connectivity index (χ1v) is 10.0. The van der Waals surface area contributed by atoms with Crippen LogP contribution in [0.25, 0.3) is 0 Å². The summed E-state index contributed by atoms with van der Waals surface area (Å²) in [5, 5.41) is 0. The lowest BCUT2D eigenvalue weighted by Gasteiger charge is -2.37. The minimum Gasteiger partial charge on any atom is -0.339 e. The summed E-state index contributed by atoms with van der Waals surface area (Å²) in [5.41, 5.74) is 2.48. The minimum absolute atomic E-state index is 0.139. The van der Waals surface area contributed by atoms with Gasteiger partial charge in [-0.05, 0) is 36.0 Å². The highest BCUT2D eigenvalue weighted by Crippen LogP contribution is 2.43. The van der Waals surface area contributed by atoms with Crippen LogP contribution in [0.2, 0.25) is 0 Å². The van der Waals surface area contributed by atoms with E-state index in [4.69, 9.17) is 0 Å². The Bertz CT molecular complexity index is 767. The molecular formula is C23H29N3O.